The lowest BCUT2D eigenvalue weighted by molar-refractivity contribution is -0.130. The maximum absolute atomic E-state index is 13.1. The zero-order chi connectivity index (χ0) is 18.6. The second-order valence-corrected chi connectivity index (χ2v) is 9.17. The van der Waals surface area contributed by atoms with Gasteiger partial charge in [-0.3, -0.25) is 4.79 Å². The number of nitrogens with zero attached hydrogens (tertiary/aromatic N) is 2. The smallest absolute Gasteiger partial charge is 0.243 e. The van der Waals surface area contributed by atoms with Gasteiger partial charge in [-0.25, -0.2) is 8.42 Å². The van der Waals surface area contributed by atoms with E-state index >= 15 is 0 Å². The third-order valence-electron chi connectivity index (χ3n) is 5.27. The first-order chi connectivity index (χ1) is 12.5. The van der Waals surface area contributed by atoms with Crippen molar-refractivity contribution in [3.8, 4) is 0 Å². The number of allylic oxidation sites excluding steroid dienone is 1. The molecule has 1 aromatic rings. The zero-order valence-electron chi connectivity index (χ0n) is 15.5. The van der Waals surface area contributed by atoms with Gasteiger partial charge in [0.15, 0.2) is 0 Å². The van der Waals surface area contributed by atoms with E-state index in [-0.39, 0.29) is 18.9 Å². The van der Waals surface area contributed by atoms with Gasteiger partial charge < -0.3 is 4.90 Å². The molecule has 1 saturated heterocycles. The lowest BCUT2D eigenvalue weighted by atomic mass is 9.92. The van der Waals surface area contributed by atoms with Crippen molar-refractivity contribution in [1.29, 1.82) is 0 Å². The van der Waals surface area contributed by atoms with Crippen LogP contribution >= 0.6 is 0 Å². The molecule has 1 aliphatic carbocycles. The summed E-state index contributed by atoms with van der Waals surface area (Å²) in [6.07, 6.45) is 7.66. The first kappa shape index (κ1) is 19.1. The monoisotopic (exact) mass is 376 g/mol. The van der Waals surface area contributed by atoms with E-state index < -0.39 is 10.0 Å². The Bertz CT molecular complexity index is 757. The molecule has 1 aliphatic heterocycles. The van der Waals surface area contributed by atoms with Crippen LogP contribution in [0.5, 0.6) is 0 Å². The highest BCUT2D eigenvalue weighted by Crippen LogP contribution is 2.26. The molecule has 1 saturated carbocycles. The van der Waals surface area contributed by atoms with Crippen LogP contribution < -0.4 is 0 Å². The highest BCUT2D eigenvalue weighted by molar-refractivity contribution is 7.89. The third-order valence-corrected chi connectivity index (χ3v) is 7.15. The fourth-order valence-electron chi connectivity index (χ4n) is 3.33. The van der Waals surface area contributed by atoms with Crippen LogP contribution in [0.25, 0.3) is 0 Å². The highest BCUT2D eigenvalue weighted by atomic mass is 32.2. The predicted octanol–water partition coefficient (Wildman–Crippen LogP) is 3.11. The standard InChI is InChI=1S/C20H28N2O3S/c1-17-7-9-19(10-8-17)26(24,25)22(15-11-18-5-4-6-18)16-12-20(23)21-13-2-3-14-21/h7-11H,2-6,12-16H2,1H3. The van der Waals surface area contributed by atoms with Gasteiger partial charge in [0.05, 0.1) is 4.90 Å². The molecule has 0 unspecified atom stereocenters. The predicted molar refractivity (Wildman–Crippen MR) is 102 cm³/mol. The van der Waals surface area contributed by atoms with Gasteiger partial charge in [0.25, 0.3) is 0 Å². The number of aryl methyl sites for hydroxylation is 1. The molecule has 0 radical (unpaired) electrons. The summed E-state index contributed by atoms with van der Waals surface area (Å²) in [7, 11) is -3.60. The molecule has 1 heterocycles. The van der Waals surface area contributed by atoms with Gasteiger partial charge in [-0.2, -0.15) is 4.31 Å². The minimum absolute atomic E-state index is 0.0582. The van der Waals surface area contributed by atoms with E-state index in [4.69, 9.17) is 0 Å². The molecule has 0 atom stereocenters. The number of carbonyl (C=O) groups is 1. The van der Waals surface area contributed by atoms with E-state index in [2.05, 4.69) is 0 Å². The number of rotatable bonds is 7. The van der Waals surface area contributed by atoms with E-state index in [0.29, 0.717) is 11.4 Å². The van der Waals surface area contributed by atoms with Crippen LogP contribution in [0.2, 0.25) is 0 Å². The molecule has 3 rings (SSSR count). The lowest BCUT2D eigenvalue weighted by Gasteiger charge is -2.24. The molecule has 6 heteroatoms. The molecule has 142 valence electrons. The molecular weight excluding hydrogens is 348 g/mol. The number of amides is 1. The molecular formula is C20H28N2O3S. The van der Waals surface area contributed by atoms with E-state index in [0.717, 1.165) is 44.3 Å². The number of sulfonamides is 1. The van der Waals surface area contributed by atoms with Crippen LogP contribution in [0.4, 0.5) is 0 Å². The molecule has 2 aliphatic rings. The van der Waals surface area contributed by atoms with Crippen molar-refractivity contribution in [3.05, 3.63) is 41.5 Å². The molecule has 26 heavy (non-hydrogen) atoms. The Hall–Kier alpha value is -1.66. The lowest BCUT2D eigenvalue weighted by Crippen LogP contribution is -2.36. The number of hydrogen-bond acceptors (Lipinski definition) is 3. The molecule has 0 spiro atoms. The molecule has 1 aromatic carbocycles. The summed E-state index contributed by atoms with van der Waals surface area (Å²) >= 11 is 0. The number of benzene rings is 1. The quantitative estimate of drug-likeness (QED) is 0.687. The summed E-state index contributed by atoms with van der Waals surface area (Å²) in [6, 6.07) is 6.92. The first-order valence-corrected chi connectivity index (χ1v) is 10.9. The van der Waals surface area contributed by atoms with Crippen LogP contribution in [0.15, 0.2) is 40.8 Å². The largest absolute Gasteiger partial charge is 0.343 e. The normalized spacial score (nSPS) is 17.5. The van der Waals surface area contributed by atoms with E-state index in [1.165, 1.54) is 16.3 Å². The summed E-state index contributed by atoms with van der Waals surface area (Å²) in [6.45, 7) is 4.11. The summed E-state index contributed by atoms with van der Waals surface area (Å²) in [5.41, 5.74) is 2.34. The number of likely N-dealkylation sites (tertiary alicyclic amines) is 1. The van der Waals surface area contributed by atoms with Crippen molar-refractivity contribution in [2.45, 2.75) is 50.3 Å². The minimum Gasteiger partial charge on any atom is -0.343 e. The second-order valence-electron chi connectivity index (χ2n) is 7.23. The van der Waals surface area contributed by atoms with Crippen LogP contribution in [0, 0.1) is 6.92 Å². The minimum atomic E-state index is -3.60. The first-order valence-electron chi connectivity index (χ1n) is 9.49. The second kappa shape index (κ2) is 8.35. The SMILES string of the molecule is Cc1ccc(S(=O)(=O)N(CC=C2CCC2)CCC(=O)N2CCCC2)cc1. The van der Waals surface area contributed by atoms with Crippen molar-refractivity contribution >= 4 is 15.9 Å². The fourth-order valence-corrected chi connectivity index (χ4v) is 4.71. The molecule has 1 amide bonds. The van der Waals surface area contributed by atoms with Crippen molar-refractivity contribution in [2.75, 3.05) is 26.2 Å². The Morgan fingerprint density at radius 3 is 2.35 bits per heavy atom. The van der Waals surface area contributed by atoms with Gasteiger partial charge in [-0.15, -0.1) is 0 Å². The topological polar surface area (TPSA) is 57.7 Å². The number of carbonyl (C=O) groups excluding carboxylic acids is 1. The molecule has 5 nitrogen and oxygen atoms in total. The Morgan fingerprint density at radius 1 is 1.12 bits per heavy atom. The highest BCUT2D eigenvalue weighted by Gasteiger charge is 2.26. The maximum Gasteiger partial charge on any atom is 0.243 e. The van der Waals surface area contributed by atoms with E-state index in [1.54, 1.807) is 12.1 Å². The molecule has 0 bridgehead atoms. The van der Waals surface area contributed by atoms with Crippen LogP contribution in [0.1, 0.15) is 44.1 Å². The van der Waals surface area contributed by atoms with Gasteiger partial charge in [0, 0.05) is 32.6 Å². The van der Waals surface area contributed by atoms with Crippen molar-refractivity contribution in [2.24, 2.45) is 0 Å². The van der Waals surface area contributed by atoms with Gasteiger partial charge in [0.1, 0.15) is 0 Å². The van der Waals surface area contributed by atoms with Crippen molar-refractivity contribution in [3.63, 3.8) is 0 Å². The van der Waals surface area contributed by atoms with Gasteiger partial charge in [0.2, 0.25) is 15.9 Å². The van der Waals surface area contributed by atoms with Crippen LogP contribution in [0.3, 0.4) is 0 Å². The Kier molecular flexibility index (Phi) is 6.14. The van der Waals surface area contributed by atoms with E-state index in [1.807, 2.05) is 30.0 Å². The fraction of sp³-hybridized carbons (Fsp3) is 0.550. The molecule has 2 fully saturated rings. The molecule has 0 aromatic heterocycles. The summed E-state index contributed by atoms with van der Waals surface area (Å²) < 4.78 is 27.6. The van der Waals surface area contributed by atoms with E-state index in [9.17, 15) is 13.2 Å². The average Bonchev–Trinajstić information content (AvgIpc) is 3.11. The van der Waals surface area contributed by atoms with Crippen LogP contribution in [-0.2, 0) is 14.8 Å². The van der Waals surface area contributed by atoms with Crippen molar-refractivity contribution < 1.29 is 13.2 Å². The zero-order valence-corrected chi connectivity index (χ0v) is 16.3. The van der Waals surface area contributed by atoms with Crippen molar-refractivity contribution in [1.82, 2.24) is 9.21 Å². The summed E-state index contributed by atoms with van der Waals surface area (Å²) in [4.78, 5) is 14.5. The summed E-state index contributed by atoms with van der Waals surface area (Å²) in [5, 5.41) is 0. The Labute approximate surface area is 156 Å². The van der Waals surface area contributed by atoms with Gasteiger partial charge in [-0.1, -0.05) is 29.3 Å². The van der Waals surface area contributed by atoms with Gasteiger partial charge in [-0.05, 0) is 51.2 Å². The van der Waals surface area contributed by atoms with Gasteiger partial charge >= 0.3 is 0 Å². The van der Waals surface area contributed by atoms with Crippen LogP contribution in [-0.4, -0.2) is 49.7 Å². The summed E-state index contributed by atoms with van der Waals surface area (Å²) in [5.74, 6) is 0.0582. The molecule has 0 N–H and O–H groups in total. The Balaban J connectivity index is 1.73. The maximum atomic E-state index is 13.1. The number of hydrogen-bond donors (Lipinski definition) is 0. The third kappa shape index (κ3) is 4.54. The average molecular weight is 377 g/mol. The Morgan fingerprint density at radius 2 is 1.77 bits per heavy atom.